The summed E-state index contributed by atoms with van der Waals surface area (Å²) in [5.41, 5.74) is 3.28. The maximum atomic E-state index is 9.49. The fourth-order valence-corrected chi connectivity index (χ4v) is 1.93. The summed E-state index contributed by atoms with van der Waals surface area (Å²) in [6.45, 7) is 1.74. The van der Waals surface area contributed by atoms with Gasteiger partial charge in [-0.15, -0.1) is 5.10 Å². The number of hydrogen-bond acceptors (Lipinski definition) is 4. The van der Waals surface area contributed by atoms with Crippen LogP contribution in [0.4, 0.5) is 0 Å². The van der Waals surface area contributed by atoms with Crippen LogP contribution in [0.25, 0.3) is 17.1 Å². The van der Waals surface area contributed by atoms with Crippen LogP contribution in [0.15, 0.2) is 54.9 Å². The highest BCUT2D eigenvalue weighted by Gasteiger charge is 2.06. The van der Waals surface area contributed by atoms with Crippen molar-refractivity contribution in [2.45, 2.75) is 13.0 Å². The van der Waals surface area contributed by atoms with Gasteiger partial charge in [0.25, 0.3) is 0 Å². The molecule has 0 amide bonds. The summed E-state index contributed by atoms with van der Waals surface area (Å²) in [7, 11) is 0. The quantitative estimate of drug-likeness (QED) is 0.790. The number of benzene rings is 1. The Morgan fingerprint density at radius 1 is 1.05 bits per heavy atom. The van der Waals surface area contributed by atoms with Gasteiger partial charge < -0.3 is 5.11 Å². The van der Waals surface area contributed by atoms with Crippen LogP contribution in [0.5, 0.6) is 0 Å². The molecule has 0 saturated carbocycles. The number of rotatable bonds is 3. The fourth-order valence-electron chi connectivity index (χ4n) is 1.93. The maximum Gasteiger partial charge on any atom is 0.131 e. The van der Waals surface area contributed by atoms with Gasteiger partial charge in [-0.3, -0.25) is 4.98 Å². The van der Waals surface area contributed by atoms with Crippen molar-refractivity contribution in [2.24, 2.45) is 0 Å². The van der Waals surface area contributed by atoms with Crippen molar-refractivity contribution in [1.82, 2.24) is 20.0 Å². The molecule has 0 aliphatic heterocycles. The van der Waals surface area contributed by atoms with Crippen molar-refractivity contribution in [3.05, 3.63) is 60.4 Å². The van der Waals surface area contributed by atoms with Crippen molar-refractivity contribution in [3.63, 3.8) is 0 Å². The SMILES string of the molecule is CC(O)c1ccc(-n2cc(-c3ccccn3)nn2)cc1. The van der Waals surface area contributed by atoms with Gasteiger partial charge in [0.2, 0.25) is 0 Å². The van der Waals surface area contributed by atoms with E-state index in [1.807, 2.05) is 48.7 Å². The van der Waals surface area contributed by atoms with E-state index in [9.17, 15) is 5.11 Å². The molecule has 1 atom stereocenters. The van der Waals surface area contributed by atoms with E-state index in [1.54, 1.807) is 17.8 Å². The number of hydrogen-bond donors (Lipinski definition) is 1. The summed E-state index contributed by atoms with van der Waals surface area (Å²) in [5.74, 6) is 0. The first kappa shape index (κ1) is 12.5. The lowest BCUT2D eigenvalue weighted by molar-refractivity contribution is 0.199. The van der Waals surface area contributed by atoms with Crippen LogP contribution >= 0.6 is 0 Å². The fraction of sp³-hybridized carbons (Fsp3) is 0.133. The first-order chi connectivity index (χ1) is 9.74. The van der Waals surface area contributed by atoms with Crippen molar-refractivity contribution < 1.29 is 5.11 Å². The number of pyridine rings is 1. The summed E-state index contributed by atoms with van der Waals surface area (Å²) >= 11 is 0. The second-order valence-electron chi connectivity index (χ2n) is 4.53. The van der Waals surface area contributed by atoms with Gasteiger partial charge in [-0.2, -0.15) is 0 Å². The highest BCUT2D eigenvalue weighted by Crippen LogP contribution is 2.17. The van der Waals surface area contributed by atoms with Crippen LogP contribution in [0.2, 0.25) is 0 Å². The Balaban J connectivity index is 1.90. The van der Waals surface area contributed by atoms with Crippen LogP contribution in [-0.4, -0.2) is 25.1 Å². The third-order valence-electron chi connectivity index (χ3n) is 3.06. The van der Waals surface area contributed by atoms with Crippen LogP contribution in [0, 0.1) is 0 Å². The third kappa shape index (κ3) is 2.44. The van der Waals surface area contributed by atoms with E-state index in [2.05, 4.69) is 15.3 Å². The zero-order valence-electron chi connectivity index (χ0n) is 11.0. The largest absolute Gasteiger partial charge is 0.389 e. The molecule has 2 heterocycles. The van der Waals surface area contributed by atoms with E-state index in [-0.39, 0.29) is 0 Å². The van der Waals surface area contributed by atoms with Crippen molar-refractivity contribution in [3.8, 4) is 17.1 Å². The van der Waals surface area contributed by atoms with Crippen LogP contribution in [0.3, 0.4) is 0 Å². The standard InChI is InChI=1S/C15H14N4O/c1-11(20)12-5-7-13(8-6-12)19-10-15(17-18-19)14-4-2-3-9-16-14/h2-11,20H,1H3. The van der Waals surface area contributed by atoms with Gasteiger partial charge in [0.05, 0.1) is 23.7 Å². The Morgan fingerprint density at radius 2 is 1.85 bits per heavy atom. The lowest BCUT2D eigenvalue weighted by Gasteiger charge is -2.05. The van der Waals surface area contributed by atoms with Crippen molar-refractivity contribution >= 4 is 0 Å². The molecule has 0 fully saturated rings. The molecule has 20 heavy (non-hydrogen) atoms. The second kappa shape index (κ2) is 5.22. The molecule has 0 aliphatic rings. The van der Waals surface area contributed by atoms with E-state index in [1.165, 1.54) is 0 Å². The average Bonchev–Trinajstić information content (AvgIpc) is 2.98. The van der Waals surface area contributed by atoms with E-state index in [0.29, 0.717) is 0 Å². The second-order valence-corrected chi connectivity index (χ2v) is 4.53. The van der Waals surface area contributed by atoms with Gasteiger partial charge >= 0.3 is 0 Å². The molecule has 100 valence electrons. The smallest absolute Gasteiger partial charge is 0.131 e. The topological polar surface area (TPSA) is 63.8 Å². The Hall–Kier alpha value is -2.53. The molecular formula is C15H14N4O. The summed E-state index contributed by atoms with van der Waals surface area (Å²) in [6, 6.07) is 13.2. The first-order valence-corrected chi connectivity index (χ1v) is 6.36. The lowest BCUT2D eigenvalue weighted by atomic mass is 10.1. The number of nitrogens with zero attached hydrogens (tertiary/aromatic N) is 4. The Bertz CT molecular complexity index is 689. The molecule has 2 aromatic heterocycles. The molecule has 0 saturated heterocycles. The molecule has 0 spiro atoms. The van der Waals surface area contributed by atoms with Crippen LogP contribution in [-0.2, 0) is 0 Å². The zero-order valence-corrected chi connectivity index (χ0v) is 11.0. The van der Waals surface area contributed by atoms with Gasteiger partial charge in [-0.1, -0.05) is 23.4 Å². The summed E-state index contributed by atoms with van der Waals surface area (Å²) in [4.78, 5) is 4.24. The van der Waals surface area contributed by atoms with Gasteiger partial charge in [-0.05, 0) is 36.8 Å². The number of aliphatic hydroxyl groups is 1. The summed E-state index contributed by atoms with van der Waals surface area (Å²) in [6.07, 6.45) is 3.09. The van der Waals surface area contributed by atoms with Crippen molar-refractivity contribution in [1.29, 1.82) is 0 Å². The molecule has 1 N–H and O–H groups in total. The molecule has 1 unspecified atom stereocenters. The number of aromatic nitrogens is 4. The highest BCUT2D eigenvalue weighted by molar-refractivity contribution is 5.52. The highest BCUT2D eigenvalue weighted by atomic mass is 16.3. The molecule has 5 nitrogen and oxygen atoms in total. The minimum Gasteiger partial charge on any atom is -0.389 e. The summed E-state index contributed by atoms with van der Waals surface area (Å²) < 4.78 is 1.69. The first-order valence-electron chi connectivity index (χ1n) is 6.36. The molecule has 0 aliphatic carbocycles. The van der Waals surface area contributed by atoms with E-state index < -0.39 is 6.10 Å². The Morgan fingerprint density at radius 3 is 2.50 bits per heavy atom. The molecule has 0 bridgehead atoms. The van der Waals surface area contributed by atoms with Crippen molar-refractivity contribution in [2.75, 3.05) is 0 Å². The predicted octanol–water partition coefficient (Wildman–Crippen LogP) is 2.38. The minimum atomic E-state index is -0.469. The monoisotopic (exact) mass is 266 g/mol. The molecule has 1 aromatic carbocycles. The van der Waals surface area contributed by atoms with Crippen LogP contribution in [0.1, 0.15) is 18.6 Å². The minimum absolute atomic E-state index is 0.469. The molecule has 3 rings (SSSR count). The molecule has 3 aromatic rings. The predicted molar refractivity (Wildman–Crippen MR) is 75.2 cm³/mol. The molecular weight excluding hydrogens is 252 g/mol. The van der Waals surface area contributed by atoms with Gasteiger partial charge in [0, 0.05) is 6.20 Å². The van der Waals surface area contributed by atoms with Gasteiger partial charge in [0.1, 0.15) is 5.69 Å². The number of aliphatic hydroxyl groups excluding tert-OH is 1. The zero-order chi connectivity index (χ0) is 13.9. The van der Waals surface area contributed by atoms with E-state index >= 15 is 0 Å². The van der Waals surface area contributed by atoms with E-state index in [0.717, 1.165) is 22.6 Å². The molecule has 5 heteroatoms. The Labute approximate surface area is 116 Å². The third-order valence-corrected chi connectivity index (χ3v) is 3.06. The van der Waals surface area contributed by atoms with Gasteiger partial charge in [-0.25, -0.2) is 4.68 Å². The normalized spacial score (nSPS) is 12.3. The Kier molecular flexibility index (Phi) is 3.26. The lowest BCUT2D eigenvalue weighted by Crippen LogP contribution is -1.96. The van der Waals surface area contributed by atoms with Gasteiger partial charge in [0.15, 0.2) is 0 Å². The molecule has 0 radical (unpaired) electrons. The summed E-state index contributed by atoms with van der Waals surface area (Å²) in [5, 5.41) is 17.7. The van der Waals surface area contributed by atoms with E-state index in [4.69, 9.17) is 0 Å². The maximum absolute atomic E-state index is 9.49. The van der Waals surface area contributed by atoms with Crippen LogP contribution < -0.4 is 0 Å². The average molecular weight is 266 g/mol.